The Bertz CT molecular complexity index is 566. The SMILES string of the molecule is Cc1c(C(=O)N(C)C2CC3CCC(C2)N3)cnn1C(C)(C)C.Cl. The maximum Gasteiger partial charge on any atom is 0.257 e. The minimum absolute atomic E-state index is 0. The van der Waals surface area contributed by atoms with Crippen molar-refractivity contribution in [2.75, 3.05) is 7.05 Å². The number of carbonyl (C=O) groups is 1. The van der Waals surface area contributed by atoms with Crippen molar-refractivity contribution in [1.82, 2.24) is 20.0 Å². The van der Waals surface area contributed by atoms with E-state index in [1.54, 1.807) is 6.20 Å². The average Bonchev–Trinajstić information content (AvgIpc) is 2.99. The zero-order chi connectivity index (χ0) is 16.1. The van der Waals surface area contributed by atoms with Gasteiger partial charge in [0.05, 0.1) is 17.3 Å². The first-order chi connectivity index (χ1) is 10.3. The average molecular weight is 341 g/mol. The Kier molecular flexibility index (Phi) is 5.12. The summed E-state index contributed by atoms with van der Waals surface area (Å²) in [5.74, 6) is 0.110. The van der Waals surface area contributed by atoms with Gasteiger partial charge in [0.15, 0.2) is 0 Å². The van der Waals surface area contributed by atoms with E-state index in [1.165, 1.54) is 12.8 Å². The summed E-state index contributed by atoms with van der Waals surface area (Å²) in [6.07, 6.45) is 6.39. The first-order valence-electron chi connectivity index (χ1n) is 8.35. The Morgan fingerprint density at radius 2 is 1.87 bits per heavy atom. The lowest BCUT2D eigenvalue weighted by Gasteiger charge is -2.35. The maximum absolute atomic E-state index is 12.9. The number of rotatable bonds is 2. The highest BCUT2D eigenvalue weighted by Crippen LogP contribution is 2.30. The monoisotopic (exact) mass is 340 g/mol. The van der Waals surface area contributed by atoms with E-state index in [1.807, 2.05) is 23.6 Å². The van der Waals surface area contributed by atoms with Crippen LogP contribution in [0.1, 0.15) is 62.5 Å². The zero-order valence-corrected chi connectivity index (χ0v) is 15.6. The van der Waals surface area contributed by atoms with Crippen LogP contribution in [-0.2, 0) is 5.54 Å². The van der Waals surface area contributed by atoms with Crippen LogP contribution in [0.2, 0.25) is 0 Å². The molecular weight excluding hydrogens is 312 g/mol. The summed E-state index contributed by atoms with van der Waals surface area (Å²) in [6.45, 7) is 8.31. The van der Waals surface area contributed by atoms with Gasteiger partial charge in [-0.3, -0.25) is 9.48 Å². The van der Waals surface area contributed by atoms with Gasteiger partial charge in [0.25, 0.3) is 5.91 Å². The fourth-order valence-corrected chi connectivity index (χ4v) is 4.00. The van der Waals surface area contributed by atoms with Crippen LogP contribution in [0.25, 0.3) is 0 Å². The summed E-state index contributed by atoms with van der Waals surface area (Å²) in [5.41, 5.74) is 1.60. The molecule has 0 aromatic carbocycles. The molecule has 0 aliphatic carbocycles. The molecule has 2 atom stereocenters. The molecular formula is C17H29ClN4O. The van der Waals surface area contributed by atoms with Gasteiger partial charge >= 0.3 is 0 Å². The smallest absolute Gasteiger partial charge is 0.257 e. The van der Waals surface area contributed by atoms with Gasteiger partial charge in [0.2, 0.25) is 0 Å². The highest BCUT2D eigenvalue weighted by molar-refractivity contribution is 5.95. The Morgan fingerprint density at radius 1 is 1.30 bits per heavy atom. The summed E-state index contributed by atoms with van der Waals surface area (Å²) in [6, 6.07) is 1.54. The molecule has 1 aromatic rings. The van der Waals surface area contributed by atoms with E-state index in [0.29, 0.717) is 18.1 Å². The summed E-state index contributed by atoms with van der Waals surface area (Å²) >= 11 is 0. The molecule has 0 spiro atoms. The topological polar surface area (TPSA) is 50.2 Å². The van der Waals surface area contributed by atoms with Crippen LogP contribution in [0.3, 0.4) is 0 Å². The Hall–Kier alpha value is -1.07. The molecule has 0 saturated carbocycles. The van der Waals surface area contributed by atoms with Crippen molar-refractivity contribution in [3.8, 4) is 0 Å². The molecule has 3 rings (SSSR count). The van der Waals surface area contributed by atoms with Crippen LogP contribution >= 0.6 is 12.4 Å². The minimum atomic E-state index is -0.102. The molecule has 5 nitrogen and oxygen atoms in total. The number of carbonyl (C=O) groups excluding carboxylic acids is 1. The van der Waals surface area contributed by atoms with Crippen molar-refractivity contribution in [3.63, 3.8) is 0 Å². The number of aromatic nitrogens is 2. The molecule has 2 bridgehead atoms. The van der Waals surface area contributed by atoms with Crippen molar-refractivity contribution >= 4 is 18.3 Å². The standard InChI is InChI=1S/C17H28N4O.ClH/c1-11-15(10-18-21(11)17(2,3)4)16(22)20(5)14-8-12-6-7-13(9-14)19-12;/h10,12-14,19H,6-9H2,1-5H3;1H. The molecule has 2 saturated heterocycles. The van der Waals surface area contributed by atoms with E-state index < -0.39 is 0 Å². The van der Waals surface area contributed by atoms with Crippen molar-refractivity contribution in [3.05, 3.63) is 17.5 Å². The molecule has 0 radical (unpaired) electrons. The summed E-state index contributed by atoms with van der Waals surface area (Å²) < 4.78 is 1.94. The first kappa shape index (κ1) is 18.3. The van der Waals surface area contributed by atoms with Crippen molar-refractivity contribution in [2.45, 2.75) is 77.0 Å². The number of fused-ring (bicyclic) bond motifs is 2. The van der Waals surface area contributed by atoms with E-state index in [0.717, 1.165) is 24.1 Å². The molecule has 2 aliphatic rings. The van der Waals surface area contributed by atoms with Crippen LogP contribution < -0.4 is 5.32 Å². The predicted molar refractivity (Wildman–Crippen MR) is 94.3 cm³/mol. The van der Waals surface area contributed by atoms with Gasteiger partial charge in [-0.15, -0.1) is 12.4 Å². The van der Waals surface area contributed by atoms with Gasteiger partial charge in [-0.1, -0.05) is 0 Å². The first-order valence-corrected chi connectivity index (χ1v) is 8.35. The Labute approximate surface area is 145 Å². The predicted octanol–water partition coefficient (Wildman–Crippen LogP) is 2.72. The van der Waals surface area contributed by atoms with Crippen LogP contribution in [0.15, 0.2) is 6.20 Å². The van der Waals surface area contributed by atoms with E-state index in [2.05, 4.69) is 31.2 Å². The molecule has 2 fully saturated rings. The van der Waals surface area contributed by atoms with Gasteiger partial charge in [-0.25, -0.2) is 0 Å². The maximum atomic E-state index is 12.9. The number of nitrogens with one attached hydrogen (secondary N) is 1. The van der Waals surface area contributed by atoms with E-state index in [-0.39, 0.29) is 23.9 Å². The van der Waals surface area contributed by atoms with Crippen LogP contribution in [0, 0.1) is 6.92 Å². The van der Waals surface area contributed by atoms with Gasteiger partial charge in [0.1, 0.15) is 0 Å². The second kappa shape index (κ2) is 6.44. The number of amides is 1. The molecule has 130 valence electrons. The Balaban J connectivity index is 0.00000192. The van der Waals surface area contributed by atoms with Crippen LogP contribution in [0.5, 0.6) is 0 Å². The fourth-order valence-electron chi connectivity index (χ4n) is 4.00. The molecule has 23 heavy (non-hydrogen) atoms. The molecule has 2 aliphatic heterocycles. The van der Waals surface area contributed by atoms with Crippen molar-refractivity contribution < 1.29 is 4.79 Å². The third-order valence-electron chi connectivity index (χ3n) is 5.19. The van der Waals surface area contributed by atoms with Crippen LogP contribution in [-0.4, -0.2) is 45.8 Å². The van der Waals surface area contributed by atoms with Gasteiger partial charge in [-0.05, 0) is 53.4 Å². The molecule has 1 amide bonds. The van der Waals surface area contributed by atoms with Gasteiger partial charge < -0.3 is 10.2 Å². The van der Waals surface area contributed by atoms with E-state index in [9.17, 15) is 4.79 Å². The summed E-state index contributed by atoms with van der Waals surface area (Å²) in [5, 5.41) is 8.07. The number of hydrogen-bond donors (Lipinski definition) is 1. The number of nitrogens with zero attached hydrogens (tertiary/aromatic N) is 3. The minimum Gasteiger partial charge on any atom is -0.338 e. The van der Waals surface area contributed by atoms with E-state index in [4.69, 9.17) is 0 Å². The molecule has 1 N–H and O–H groups in total. The fraction of sp³-hybridized carbons (Fsp3) is 0.765. The van der Waals surface area contributed by atoms with Crippen molar-refractivity contribution in [2.24, 2.45) is 0 Å². The lowest BCUT2D eigenvalue weighted by atomic mass is 9.98. The van der Waals surface area contributed by atoms with Gasteiger partial charge in [0, 0.05) is 30.9 Å². The molecule has 3 heterocycles. The summed E-state index contributed by atoms with van der Waals surface area (Å²) in [4.78, 5) is 14.8. The lowest BCUT2D eigenvalue weighted by Crippen LogP contribution is -2.48. The van der Waals surface area contributed by atoms with Crippen LogP contribution in [0.4, 0.5) is 0 Å². The number of hydrogen-bond acceptors (Lipinski definition) is 3. The zero-order valence-electron chi connectivity index (χ0n) is 14.8. The third kappa shape index (κ3) is 3.41. The van der Waals surface area contributed by atoms with Gasteiger partial charge in [-0.2, -0.15) is 5.10 Å². The number of halogens is 1. The van der Waals surface area contributed by atoms with Crippen molar-refractivity contribution in [1.29, 1.82) is 0 Å². The lowest BCUT2D eigenvalue weighted by molar-refractivity contribution is 0.0680. The molecule has 6 heteroatoms. The highest BCUT2D eigenvalue weighted by Gasteiger charge is 2.37. The normalized spacial score (nSPS) is 26.7. The summed E-state index contributed by atoms with van der Waals surface area (Å²) in [7, 11) is 1.95. The molecule has 1 aromatic heterocycles. The number of piperidine rings is 1. The third-order valence-corrected chi connectivity index (χ3v) is 5.19. The largest absolute Gasteiger partial charge is 0.338 e. The second-order valence-electron chi connectivity index (χ2n) is 7.91. The second-order valence-corrected chi connectivity index (χ2v) is 7.91. The highest BCUT2D eigenvalue weighted by atomic mass is 35.5. The molecule has 2 unspecified atom stereocenters. The Morgan fingerprint density at radius 3 is 2.35 bits per heavy atom. The quantitative estimate of drug-likeness (QED) is 0.900. The van der Waals surface area contributed by atoms with E-state index >= 15 is 0 Å².